The molecule has 2 heterocycles. The number of thiophene rings is 1. The van der Waals surface area contributed by atoms with Crippen LogP contribution < -0.4 is 5.56 Å². The zero-order valence-electron chi connectivity index (χ0n) is 7.36. The molecule has 2 aromatic rings. The fraction of sp³-hybridized carbons (Fsp3) is 0.143. The van der Waals surface area contributed by atoms with E-state index in [1.165, 1.54) is 17.4 Å². The molecule has 0 amide bonds. The van der Waals surface area contributed by atoms with Gasteiger partial charge < -0.3 is 17.5 Å². The van der Waals surface area contributed by atoms with Gasteiger partial charge in [-0.25, -0.2) is 4.98 Å². The summed E-state index contributed by atoms with van der Waals surface area (Å²) in [6.07, 6.45) is -0.298. The third-order valence-electron chi connectivity index (χ3n) is 1.85. The average Bonchev–Trinajstić information content (AvgIpc) is 2.56. The maximum absolute atomic E-state index is 12.1. The molecule has 80 valence electrons. The molecule has 2 aromatic heterocycles. The summed E-state index contributed by atoms with van der Waals surface area (Å²) in [5.74, 6) is 0. The first-order valence-corrected chi connectivity index (χ1v) is 4.99. The van der Waals surface area contributed by atoms with Gasteiger partial charge in [-0.2, -0.15) is 0 Å². The fourth-order valence-electron chi connectivity index (χ4n) is 1.25. The van der Waals surface area contributed by atoms with E-state index in [4.69, 9.17) is 0 Å². The standard InChI is InChI=1S/C7H5BF3N2OS/c9-8(10,11)3-13-4-12-6-5(7(13)14)1-2-15-6/h1-2,4H,3H2/q-1. The first-order valence-electron chi connectivity index (χ1n) is 4.11. The van der Waals surface area contributed by atoms with Gasteiger partial charge in [0.05, 0.1) is 11.7 Å². The first kappa shape index (κ1) is 10.2. The van der Waals surface area contributed by atoms with Crippen molar-refractivity contribution >= 4 is 28.5 Å². The number of hydrogen-bond acceptors (Lipinski definition) is 3. The molecule has 0 aliphatic carbocycles. The van der Waals surface area contributed by atoms with Crippen molar-refractivity contribution in [2.45, 2.75) is 6.44 Å². The highest BCUT2D eigenvalue weighted by atomic mass is 32.1. The highest BCUT2D eigenvalue weighted by Crippen LogP contribution is 2.15. The van der Waals surface area contributed by atoms with Gasteiger partial charge in [-0.15, -0.1) is 11.3 Å². The Labute approximate surface area is 86.2 Å². The molecule has 0 spiro atoms. The smallest absolute Gasteiger partial charge is 0.448 e. The number of fused-ring (bicyclic) bond motifs is 1. The van der Waals surface area contributed by atoms with Crippen molar-refractivity contribution in [2.24, 2.45) is 0 Å². The fourth-order valence-corrected chi connectivity index (χ4v) is 1.97. The molecule has 0 fully saturated rings. The quantitative estimate of drug-likeness (QED) is 0.741. The number of rotatable bonds is 2. The molecule has 2 rings (SSSR count). The molecule has 8 heteroatoms. The second-order valence-corrected chi connectivity index (χ2v) is 3.95. The average molecular weight is 233 g/mol. The Morgan fingerprint density at radius 1 is 1.47 bits per heavy atom. The van der Waals surface area contributed by atoms with Crippen LogP contribution in [-0.2, 0) is 6.44 Å². The van der Waals surface area contributed by atoms with Crippen LogP contribution >= 0.6 is 11.3 Å². The van der Waals surface area contributed by atoms with Crippen molar-refractivity contribution in [3.05, 3.63) is 28.1 Å². The SMILES string of the molecule is O=c1c2ccsc2ncn1C[B-](F)(F)F. The van der Waals surface area contributed by atoms with Crippen LogP contribution in [0.3, 0.4) is 0 Å². The van der Waals surface area contributed by atoms with E-state index >= 15 is 0 Å². The van der Waals surface area contributed by atoms with Crippen LogP contribution in [0, 0.1) is 0 Å². The topological polar surface area (TPSA) is 34.9 Å². The molecule has 0 aliphatic rings. The van der Waals surface area contributed by atoms with Gasteiger partial charge in [0.1, 0.15) is 4.83 Å². The van der Waals surface area contributed by atoms with Gasteiger partial charge >= 0.3 is 6.98 Å². The lowest BCUT2D eigenvalue weighted by atomic mass is 9.92. The van der Waals surface area contributed by atoms with Crippen molar-refractivity contribution in [3.63, 3.8) is 0 Å². The van der Waals surface area contributed by atoms with Gasteiger partial charge in [0.15, 0.2) is 0 Å². The summed E-state index contributed by atoms with van der Waals surface area (Å²) in [5, 5.41) is 1.87. The van der Waals surface area contributed by atoms with E-state index in [2.05, 4.69) is 4.98 Å². The Morgan fingerprint density at radius 2 is 2.20 bits per heavy atom. The van der Waals surface area contributed by atoms with E-state index in [9.17, 15) is 17.7 Å². The van der Waals surface area contributed by atoms with Crippen LogP contribution in [0.5, 0.6) is 0 Å². The van der Waals surface area contributed by atoms with Crippen molar-refractivity contribution < 1.29 is 12.9 Å². The summed E-state index contributed by atoms with van der Waals surface area (Å²) in [7, 11) is 0. The Kier molecular flexibility index (Phi) is 2.30. The monoisotopic (exact) mass is 233 g/mol. The zero-order chi connectivity index (χ0) is 11.1. The van der Waals surface area contributed by atoms with E-state index in [0.717, 1.165) is 6.33 Å². The minimum atomic E-state index is -5.02. The zero-order valence-corrected chi connectivity index (χ0v) is 8.18. The molecule has 0 bridgehead atoms. The van der Waals surface area contributed by atoms with Crippen molar-refractivity contribution in [1.82, 2.24) is 9.55 Å². The predicted molar refractivity (Wildman–Crippen MR) is 53.0 cm³/mol. The molecule has 0 unspecified atom stereocenters. The lowest BCUT2D eigenvalue weighted by Gasteiger charge is -2.14. The summed E-state index contributed by atoms with van der Waals surface area (Å²) < 4.78 is 37.0. The molecule has 0 atom stereocenters. The molecule has 0 aromatic carbocycles. The number of hydrogen-bond donors (Lipinski definition) is 0. The summed E-state index contributed by atoms with van der Waals surface area (Å²) >= 11 is 1.23. The molecule has 0 radical (unpaired) electrons. The van der Waals surface area contributed by atoms with Crippen LogP contribution in [0.15, 0.2) is 22.6 Å². The maximum Gasteiger partial charge on any atom is 0.497 e. The number of halogens is 3. The molecule has 15 heavy (non-hydrogen) atoms. The molecule has 0 saturated heterocycles. The van der Waals surface area contributed by atoms with Gasteiger partial charge in [-0.3, -0.25) is 4.79 Å². The van der Waals surface area contributed by atoms with Crippen LogP contribution in [0.1, 0.15) is 0 Å². The highest BCUT2D eigenvalue weighted by molar-refractivity contribution is 7.16. The molecule has 0 N–H and O–H groups in total. The van der Waals surface area contributed by atoms with Crippen LogP contribution in [0.4, 0.5) is 12.9 Å². The Hall–Kier alpha value is -1.31. The Morgan fingerprint density at radius 3 is 2.87 bits per heavy atom. The van der Waals surface area contributed by atoms with Crippen LogP contribution in [0.2, 0.25) is 0 Å². The molecular weight excluding hydrogens is 228 g/mol. The number of nitrogens with zero attached hydrogens (tertiary/aromatic N) is 2. The largest absolute Gasteiger partial charge is 0.497 e. The summed E-state index contributed by atoms with van der Waals surface area (Å²) in [4.78, 5) is 15.7. The molecule has 3 nitrogen and oxygen atoms in total. The first-order chi connectivity index (χ1) is 6.97. The molecule has 0 saturated carbocycles. The maximum atomic E-state index is 12.1. The third kappa shape index (κ3) is 2.04. The van der Waals surface area contributed by atoms with Crippen molar-refractivity contribution in [3.8, 4) is 0 Å². The van der Waals surface area contributed by atoms with E-state index in [1.54, 1.807) is 5.38 Å². The van der Waals surface area contributed by atoms with Crippen LogP contribution in [-0.4, -0.2) is 16.5 Å². The predicted octanol–water partition coefficient (Wildman–Crippen LogP) is 1.84. The number of aromatic nitrogens is 2. The van der Waals surface area contributed by atoms with E-state index in [0.29, 0.717) is 9.40 Å². The summed E-state index contributed by atoms with van der Waals surface area (Å²) in [6, 6.07) is 1.48. The van der Waals surface area contributed by atoms with Gasteiger partial charge in [-0.05, 0) is 17.9 Å². The van der Waals surface area contributed by atoms with Crippen molar-refractivity contribution in [1.29, 1.82) is 0 Å². The minimum absolute atomic E-state index is 0.238. The Balaban J connectivity index is 2.53. The van der Waals surface area contributed by atoms with Gasteiger partial charge in [0, 0.05) is 0 Å². The summed E-state index contributed by atoms with van der Waals surface area (Å²) in [5.41, 5.74) is -0.638. The van der Waals surface area contributed by atoms with E-state index in [1.807, 2.05) is 0 Å². The van der Waals surface area contributed by atoms with Crippen molar-refractivity contribution in [2.75, 3.05) is 0 Å². The lowest BCUT2D eigenvalue weighted by molar-refractivity contribution is 0.442. The Bertz CT molecular complexity index is 547. The lowest BCUT2D eigenvalue weighted by Crippen LogP contribution is -2.31. The second kappa shape index (κ2) is 3.37. The van der Waals surface area contributed by atoms with Gasteiger partial charge in [0.25, 0.3) is 5.56 Å². The molecule has 0 aliphatic heterocycles. The van der Waals surface area contributed by atoms with E-state index in [-0.39, 0.29) is 5.39 Å². The van der Waals surface area contributed by atoms with E-state index < -0.39 is 19.0 Å². The highest BCUT2D eigenvalue weighted by Gasteiger charge is 2.24. The third-order valence-corrected chi connectivity index (χ3v) is 2.67. The van der Waals surface area contributed by atoms with Gasteiger partial charge in [-0.1, -0.05) is 0 Å². The van der Waals surface area contributed by atoms with Gasteiger partial charge in [0.2, 0.25) is 0 Å². The summed E-state index contributed by atoms with van der Waals surface area (Å²) in [6.45, 7) is -5.02. The normalized spacial score (nSPS) is 12.2. The second-order valence-electron chi connectivity index (χ2n) is 3.05. The molecular formula is C7H5BF3N2OS-. The van der Waals surface area contributed by atoms with Crippen LogP contribution in [0.25, 0.3) is 10.2 Å². The minimum Gasteiger partial charge on any atom is -0.448 e.